The van der Waals surface area contributed by atoms with Gasteiger partial charge in [-0.05, 0) is 6.07 Å². The van der Waals surface area contributed by atoms with Gasteiger partial charge in [-0.1, -0.05) is 30.3 Å². The first kappa shape index (κ1) is 16.0. The van der Waals surface area contributed by atoms with Gasteiger partial charge in [0.1, 0.15) is 6.54 Å². The molecule has 0 aliphatic rings. The fourth-order valence-corrected chi connectivity index (χ4v) is 2.91. The number of nitrogens with zero attached hydrogens (tertiary/aromatic N) is 4. The highest BCUT2D eigenvalue weighted by Gasteiger charge is 2.15. The zero-order chi connectivity index (χ0) is 18.1. The van der Waals surface area contributed by atoms with Crippen molar-refractivity contribution in [2.75, 3.05) is 14.2 Å². The SMILES string of the molecule is COc1cc2nnc3c(cnn3CC(=O)c3ccccc3)c2cc1OC. The third-order valence-electron chi connectivity index (χ3n) is 4.25. The van der Waals surface area contributed by atoms with Crippen molar-refractivity contribution in [3.05, 3.63) is 54.2 Å². The number of carbonyl (C=O) groups is 1. The van der Waals surface area contributed by atoms with E-state index in [9.17, 15) is 4.79 Å². The summed E-state index contributed by atoms with van der Waals surface area (Å²) in [7, 11) is 3.15. The summed E-state index contributed by atoms with van der Waals surface area (Å²) in [6.45, 7) is 0.0982. The number of carbonyl (C=O) groups excluding carboxylic acids is 1. The van der Waals surface area contributed by atoms with Crippen LogP contribution < -0.4 is 9.47 Å². The minimum absolute atomic E-state index is 0.0372. The Morgan fingerprint density at radius 2 is 1.73 bits per heavy atom. The molecule has 0 saturated carbocycles. The Kier molecular flexibility index (Phi) is 3.96. The van der Waals surface area contributed by atoms with E-state index in [0.29, 0.717) is 28.2 Å². The quantitative estimate of drug-likeness (QED) is 0.516. The number of ketones is 1. The van der Waals surface area contributed by atoms with Gasteiger partial charge in [-0.15, -0.1) is 10.2 Å². The van der Waals surface area contributed by atoms with Crippen LogP contribution in [0.4, 0.5) is 0 Å². The third kappa shape index (κ3) is 2.63. The molecule has 0 radical (unpaired) electrons. The van der Waals surface area contributed by atoms with Crippen LogP contribution in [-0.4, -0.2) is 40.0 Å². The van der Waals surface area contributed by atoms with E-state index in [-0.39, 0.29) is 12.3 Å². The van der Waals surface area contributed by atoms with Gasteiger partial charge in [0.05, 0.1) is 31.3 Å². The average Bonchev–Trinajstić information content (AvgIpc) is 3.10. The van der Waals surface area contributed by atoms with Gasteiger partial charge in [-0.3, -0.25) is 4.79 Å². The van der Waals surface area contributed by atoms with Crippen LogP contribution in [0.1, 0.15) is 10.4 Å². The molecule has 0 fully saturated rings. The molecular weight excluding hydrogens is 332 g/mol. The number of benzene rings is 2. The predicted octanol–water partition coefficient (Wildman–Crippen LogP) is 2.88. The lowest BCUT2D eigenvalue weighted by atomic mass is 10.1. The van der Waals surface area contributed by atoms with Gasteiger partial charge in [0.25, 0.3) is 0 Å². The van der Waals surface area contributed by atoms with Gasteiger partial charge in [0.15, 0.2) is 22.9 Å². The Labute approximate surface area is 149 Å². The van der Waals surface area contributed by atoms with Gasteiger partial charge >= 0.3 is 0 Å². The first-order chi connectivity index (χ1) is 12.7. The summed E-state index contributed by atoms with van der Waals surface area (Å²) in [5, 5.41) is 14.5. The summed E-state index contributed by atoms with van der Waals surface area (Å²) in [5.41, 5.74) is 1.86. The Morgan fingerprint density at radius 3 is 2.46 bits per heavy atom. The van der Waals surface area contributed by atoms with Crippen molar-refractivity contribution >= 4 is 27.7 Å². The molecule has 0 aliphatic heterocycles. The Morgan fingerprint density at radius 1 is 1.00 bits per heavy atom. The third-order valence-corrected chi connectivity index (χ3v) is 4.25. The molecule has 0 unspecified atom stereocenters. The molecule has 7 heteroatoms. The second kappa shape index (κ2) is 6.44. The van der Waals surface area contributed by atoms with Gasteiger partial charge in [-0.25, -0.2) is 4.68 Å². The van der Waals surface area contributed by atoms with E-state index in [4.69, 9.17) is 9.47 Å². The van der Waals surface area contributed by atoms with Crippen molar-refractivity contribution in [1.29, 1.82) is 0 Å². The molecule has 4 rings (SSSR count). The molecule has 2 aromatic heterocycles. The monoisotopic (exact) mass is 348 g/mol. The lowest BCUT2D eigenvalue weighted by Crippen LogP contribution is -2.12. The van der Waals surface area contributed by atoms with Crippen molar-refractivity contribution in [3.63, 3.8) is 0 Å². The fourth-order valence-electron chi connectivity index (χ4n) is 2.91. The first-order valence-electron chi connectivity index (χ1n) is 8.03. The largest absolute Gasteiger partial charge is 0.493 e. The van der Waals surface area contributed by atoms with Crippen molar-refractivity contribution in [3.8, 4) is 11.5 Å². The number of methoxy groups -OCH3 is 2. The normalized spacial score (nSPS) is 11.0. The average molecular weight is 348 g/mol. The van der Waals surface area contributed by atoms with E-state index in [1.54, 1.807) is 43.3 Å². The Bertz CT molecular complexity index is 1110. The van der Waals surface area contributed by atoms with Crippen LogP contribution in [0.2, 0.25) is 0 Å². The molecule has 2 heterocycles. The highest BCUT2D eigenvalue weighted by atomic mass is 16.5. The highest BCUT2D eigenvalue weighted by molar-refractivity contribution is 6.04. The summed E-state index contributed by atoms with van der Waals surface area (Å²) < 4.78 is 12.2. The van der Waals surface area contributed by atoms with Crippen LogP contribution >= 0.6 is 0 Å². The Hall–Kier alpha value is -3.48. The molecule has 4 aromatic rings. The standard InChI is InChI=1S/C19H16N4O3/c1-25-17-8-13-14-10-20-23(11-16(24)12-6-4-3-5-7-12)19(14)22-21-15(13)9-18(17)26-2/h3-10H,11H2,1-2H3. The maximum Gasteiger partial charge on any atom is 0.184 e. The van der Waals surface area contributed by atoms with Crippen LogP contribution in [0.25, 0.3) is 21.9 Å². The van der Waals surface area contributed by atoms with Gasteiger partial charge < -0.3 is 9.47 Å². The summed E-state index contributed by atoms with van der Waals surface area (Å²) in [5.74, 6) is 1.15. The molecule has 0 spiro atoms. The predicted molar refractivity (Wildman–Crippen MR) is 96.7 cm³/mol. The second-order valence-electron chi connectivity index (χ2n) is 5.75. The molecule has 0 atom stereocenters. The van der Waals surface area contributed by atoms with E-state index in [1.807, 2.05) is 24.3 Å². The van der Waals surface area contributed by atoms with Gasteiger partial charge in [0, 0.05) is 17.0 Å². The molecule has 7 nitrogen and oxygen atoms in total. The first-order valence-corrected chi connectivity index (χ1v) is 8.03. The van der Waals surface area contributed by atoms with E-state index in [1.165, 1.54) is 0 Å². The molecule has 0 saturated heterocycles. The topological polar surface area (TPSA) is 79.1 Å². The molecule has 0 aliphatic carbocycles. The van der Waals surface area contributed by atoms with Crippen molar-refractivity contribution in [2.24, 2.45) is 0 Å². The fraction of sp³-hybridized carbons (Fsp3) is 0.158. The van der Waals surface area contributed by atoms with E-state index >= 15 is 0 Å². The number of hydrogen-bond donors (Lipinski definition) is 0. The summed E-state index contributed by atoms with van der Waals surface area (Å²) in [6, 6.07) is 12.7. The zero-order valence-corrected chi connectivity index (χ0v) is 14.3. The maximum absolute atomic E-state index is 12.5. The van der Waals surface area contributed by atoms with Crippen molar-refractivity contribution in [1.82, 2.24) is 20.0 Å². The van der Waals surface area contributed by atoms with E-state index < -0.39 is 0 Å². The molecule has 0 N–H and O–H groups in total. The summed E-state index contributed by atoms with van der Waals surface area (Å²) in [6.07, 6.45) is 1.69. The van der Waals surface area contributed by atoms with E-state index in [2.05, 4.69) is 15.3 Å². The number of aromatic nitrogens is 4. The number of Topliss-reactive ketones (excluding diaryl/α,β-unsaturated/α-hetero) is 1. The number of rotatable bonds is 5. The minimum atomic E-state index is -0.0372. The van der Waals surface area contributed by atoms with Crippen LogP contribution in [0.15, 0.2) is 48.7 Å². The van der Waals surface area contributed by atoms with Crippen molar-refractivity contribution in [2.45, 2.75) is 6.54 Å². The molecule has 0 amide bonds. The number of ether oxygens (including phenoxy) is 2. The lowest BCUT2D eigenvalue weighted by molar-refractivity contribution is 0.0969. The molecule has 26 heavy (non-hydrogen) atoms. The lowest BCUT2D eigenvalue weighted by Gasteiger charge is -2.09. The van der Waals surface area contributed by atoms with Crippen LogP contribution in [0.3, 0.4) is 0 Å². The van der Waals surface area contributed by atoms with Crippen LogP contribution in [-0.2, 0) is 6.54 Å². The molecule has 0 bridgehead atoms. The van der Waals surface area contributed by atoms with Gasteiger partial charge in [-0.2, -0.15) is 5.10 Å². The molecular formula is C19H16N4O3. The molecule has 130 valence electrons. The highest BCUT2D eigenvalue weighted by Crippen LogP contribution is 2.33. The second-order valence-corrected chi connectivity index (χ2v) is 5.75. The Balaban J connectivity index is 1.79. The van der Waals surface area contributed by atoms with E-state index in [0.717, 1.165) is 10.8 Å². The van der Waals surface area contributed by atoms with Gasteiger partial charge in [0.2, 0.25) is 0 Å². The van der Waals surface area contributed by atoms with Crippen LogP contribution in [0.5, 0.6) is 11.5 Å². The van der Waals surface area contributed by atoms with Crippen LogP contribution in [0, 0.1) is 0 Å². The summed E-state index contributed by atoms with van der Waals surface area (Å²) in [4.78, 5) is 12.5. The summed E-state index contributed by atoms with van der Waals surface area (Å²) >= 11 is 0. The molecule has 2 aromatic carbocycles. The number of fused-ring (bicyclic) bond motifs is 3. The zero-order valence-electron chi connectivity index (χ0n) is 14.3. The van der Waals surface area contributed by atoms with Crippen molar-refractivity contribution < 1.29 is 14.3 Å². The minimum Gasteiger partial charge on any atom is -0.493 e. The maximum atomic E-state index is 12.5. The number of hydrogen-bond acceptors (Lipinski definition) is 6. The smallest absolute Gasteiger partial charge is 0.184 e.